The molecule has 1 aliphatic rings. The minimum Gasteiger partial charge on any atom is -0.384 e. The predicted molar refractivity (Wildman–Crippen MR) is 117 cm³/mol. The number of aryl methyl sites for hydroxylation is 1. The molecule has 0 radical (unpaired) electrons. The van der Waals surface area contributed by atoms with Crippen LogP contribution >= 0.6 is 0 Å². The Hall–Kier alpha value is -2.55. The molecular weight excluding hydrogens is 400 g/mol. The summed E-state index contributed by atoms with van der Waals surface area (Å²) in [6, 6.07) is 12.1. The van der Waals surface area contributed by atoms with E-state index in [-0.39, 0.29) is 16.5 Å². The van der Waals surface area contributed by atoms with Gasteiger partial charge in [0.05, 0.1) is 17.0 Å². The monoisotopic (exact) mass is 428 g/mol. The molecule has 30 heavy (non-hydrogen) atoms. The number of hydrogen-bond acceptors (Lipinski definition) is 5. The maximum absolute atomic E-state index is 13.2. The van der Waals surface area contributed by atoms with Gasteiger partial charge in [-0.3, -0.25) is 10.2 Å². The number of carbonyl (C=O) groups excluding carboxylic acids is 1. The lowest BCUT2D eigenvalue weighted by molar-refractivity contribution is -0.124. The van der Waals surface area contributed by atoms with Crippen molar-refractivity contribution in [3.05, 3.63) is 65.2 Å². The van der Waals surface area contributed by atoms with Gasteiger partial charge in [-0.15, -0.1) is 0 Å². The van der Waals surface area contributed by atoms with Crippen LogP contribution in [-0.2, 0) is 21.2 Å². The van der Waals surface area contributed by atoms with Crippen molar-refractivity contribution in [2.75, 3.05) is 6.54 Å². The topological polar surface area (TPSA) is 130 Å². The van der Waals surface area contributed by atoms with Crippen LogP contribution in [0.15, 0.2) is 53.4 Å². The molecule has 0 aromatic heterocycles. The Bertz CT molecular complexity index is 1020. The number of carbonyl (C=O) groups is 1. The van der Waals surface area contributed by atoms with Crippen LogP contribution in [0.2, 0.25) is 0 Å². The number of nitrogens with one attached hydrogen (secondary N) is 1. The Morgan fingerprint density at radius 2 is 1.77 bits per heavy atom. The highest BCUT2D eigenvalue weighted by atomic mass is 32.2. The van der Waals surface area contributed by atoms with Gasteiger partial charge < -0.3 is 11.5 Å². The quantitative estimate of drug-likeness (QED) is 0.458. The zero-order chi connectivity index (χ0) is 21.9. The lowest BCUT2D eigenvalue weighted by Gasteiger charge is -2.35. The number of Topliss-reactive ketones (excluding diaryl/α,β-unsaturated/α-hetero) is 1. The zero-order valence-electron chi connectivity index (χ0n) is 17.0. The van der Waals surface area contributed by atoms with Crippen molar-refractivity contribution >= 4 is 21.6 Å². The van der Waals surface area contributed by atoms with E-state index in [9.17, 15) is 13.2 Å². The third-order valence-corrected chi connectivity index (χ3v) is 7.42. The van der Waals surface area contributed by atoms with Crippen LogP contribution in [0.5, 0.6) is 0 Å². The van der Waals surface area contributed by atoms with E-state index in [1.807, 2.05) is 6.92 Å². The van der Waals surface area contributed by atoms with Gasteiger partial charge in [0, 0.05) is 12.1 Å². The minimum atomic E-state index is -3.78. The molecule has 8 heteroatoms. The van der Waals surface area contributed by atoms with Crippen molar-refractivity contribution in [1.82, 2.24) is 4.31 Å². The number of hydrogen-bond donors (Lipinski definition) is 3. The molecule has 0 bridgehead atoms. The number of sulfonamides is 1. The molecule has 0 spiro atoms. The molecule has 2 aromatic carbocycles. The van der Waals surface area contributed by atoms with Crippen molar-refractivity contribution in [2.24, 2.45) is 11.5 Å². The van der Waals surface area contributed by atoms with Crippen LogP contribution in [0.4, 0.5) is 0 Å². The molecule has 7 nitrogen and oxygen atoms in total. The molecule has 3 rings (SSSR count). The van der Waals surface area contributed by atoms with Crippen LogP contribution in [0, 0.1) is 12.3 Å². The summed E-state index contributed by atoms with van der Waals surface area (Å²) in [5, 5.41) is 7.45. The van der Waals surface area contributed by atoms with E-state index in [0.29, 0.717) is 24.9 Å². The number of nitrogen functional groups attached to an aromatic ring is 1. The van der Waals surface area contributed by atoms with Crippen LogP contribution in [0.25, 0.3) is 0 Å². The van der Waals surface area contributed by atoms with Gasteiger partial charge >= 0.3 is 0 Å². The second-order valence-corrected chi connectivity index (χ2v) is 9.65. The zero-order valence-corrected chi connectivity index (χ0v) is 17.9. The van der Waals surface area contributed by atoms with E-state index in [1.54, 1.807) is 48.5 Å². The smallest absolute Gasteiger partial charge is 0.243 e. The summed E-state index contributed by atoms with van der Waals surface area (Å²) in [5.74, 6) is -0.290. The largest absolute Gasteiger partial charge is 0.384 e. The fourth-order valence-corrected chi connectivity index (χ4v) is 5.41. The van der Waals surface area contributed by atoms with Gasteiger partial charge in [0.15, 0.2) is 5.78 Å². The lowest BCUT2D eigenvalue weighted by Crippen LogP contribution is -2.53. The van der Waals surface area contributed by atoms with Crippen LogP contribution in [-0.4, -0.2) is 43.0 Å². The average molecular weight is 429 g/mol. The van der Waals surface area contributed by atoms with Crippen LogP contribution < -0.4 is 11.5 Å². The first-order valence-corrected chi connectivity index (χ1v) is 11.5. The molecule has 1 aliphatic heterocycles. The highest BCUT2D eigenvalue weighted by molar-refractivity contribution is 7.89. The van der Waals surface area contributed by atoms with Gasteiger partial charge in [0.2, 0.25) is 10.0 Å². The summed E-state index contributed by atoms with van der Waals surface area (Å²) in [6.45, 7) is 2.21. The first-order valence-electron chi connectivity index (χ1n) is 10.0. The highest BCUT2D eigenvalue weighted by Gasteiger charge is 2.39. The summed E-state index contributed by atoms with van der Waals surface area (Å²) < 4.78 is 27.7. The predicted octanol–water partition coefficient (Wildman–Crippen LogP) is 1.96. The third kappa shape index (κ3) is 4.77. The van der Waals surface area contributed by atoms with Gasteiger partial charge in [-0.1, -0.05) is 48.4 Å². The average Bonchev–Trinajstić information content (AvgIpc) is 2.74. The SMILES string of the molecule is Cc1ccc(S(=O)(=O)N2CCCCC2C(=O)[C@@H](N)Cc2ccc(C(=N)N)cc2)cc1. The number of nitrogens with zero attached hydrogens (tertiary/aromatic N) is 1. The highest BCUT2D eigenvalue weighted by Crippen LogP contribution is 2.27. The van der Waals surface area contributed by atoms with E-state index >= 15 is 0 Å². The van der Waals surface area contributed by atoms with Crippen LogP contribution in [0.3, 0.4) is 0 Å². The number of benzene rings is 2. The van der Waals surface area contributed by atoms with Gasteiger partial charge in [-0.25, -0.2) is 8.42 Å². The molecule has 1 fully saturated rings. The summed E-state index contributed by atoms with van der Waals surface area (Å²) in [4.78, 5) is 13.3. The lowest BCUT2D eigenvalue weighted by atomic mass is 9.93. The number of nitrogens with two attached hydrogens (primary N) is 2. The molecule has 1 heterocycles. The van der Waals surface area contributed by atoms with E-state index in [1.165, 1.54) is 4.31 Å². The maximum atomic E-state index is 13.2. The van der Waals surface area contributed by atoms with Crippen molar-refractivity contribution in [3.8, 4) is 0 Å². The minimum absolute atomic E-state index is 0.0268. The first-order chi connectivity index (χ1) is 14.2. The fraction of sp³-hybridized carbons (Fsp3) is 0.364. The van der Waals surface area contributed by atoms with E-state index in [0.717, 1.165) is 24.0 Å². The molecular formula is C22H28N4O3S. The van der Waals surface area contributed by atoms with Crippen molar-refractivity contribution < 1.29 is 13.2 Å². The normalized spacial score (nSPS) is 18.7. The van der Waals surface area contributed by atoms with Crippen LogP contribution in [0.1, 0.15) is 36.0 Å². The Morgan fingerprint density at radius 1 is 1.13 bits per heavy atom. The molecule has 2 atom stereocenters. The number of piperidine rings is 1. The maximum Gasteiger partial charge on any atom is 0.243 e. The molecule has 1 saturated heterocycles. The first kappa shape index (κ1) is 22.1. The molecule has 0 amide bonds. The van der Waals surface area contributed by atoms with Gasteiger partial charge in [-0.2, -0.15) is 4.31 Å². The van der Waals surface area contributed by atoms with Crippen molar-refractivity contribution in [1.29, 1.82) is 5.41 Å². The van der Waals surface area contributed by atoms with Gasteiger partial charge in [-0.05, 0) is 43.9 Å². The van der Waals surface area contributed by atoms with Gasteiger partial charge in [0.1, 0.15) is 5.84 Å². The molecule has 0 aliphatic carbocycles. The van der Waals surface area contributed by atoms with Crippen molar-refractivity contribution in [3.63, 3.8) is 0 Å². The molecule has 1 unspecified atom stereocenters. The summed E-state index contributed by atoms with van der Waals surface area (Å²) in [7, 11) is -3.78. The summed E-state index contributed by atoms with van der Waals surface area (Å²) in [6.07, 6.45) is 2.28. The summed E-state index contributed by atoms with van der Waals surface area (Å²) in [5.41, 5.74) is 14.1. The summed E-state index contributed by atoms with van der Waals surface area (Å²) >= 11 is 0. The fourth-order valence-electron chi connectivity index (χ4n) is 3.74. The molecule has 160 valence electrons. The Morgan fingerprint density at radius 3 is 2.37 bits per heavy atom. The standard InChI is InChI=1S/C22H28N4O3S/c1-15-5-11-18(12-6-15)30(28,29)26-13-3-2-4-20(26)21(27)19(23)14-16-7-9-17(10-8-16)22(24)25/h5-12,19-20H,2-4,13-14,23H2,1H3,(H3,24,25)/t19-,20?/m0/s1. The molecule has 2 aromatic rings. The Labute approximate surface area is 177 Å². The number of ketones is 1. The number of rotatable bonds is 7. The van der Waals surface area contributed by atoms with E-state index in [4.69, 9.17) is 16.9 Å². The Kier molecular flexibility index (Phi) is 6.70. The van der Waals surface area contributed by atoms with E-state index in [2.05, 4.69) is 0 Å². The second kappa shape index (κ2) is 9.07. The Balaban J connectivity index is 1.78. The molecule has 0 saturated carbocycles. The van der Waals surface area contributed by atoms with E-state index < -0.39 is 22.1 Å². The third-order valence-electron chi connectivity index (χ3n) is 5.50. The van der Waals surface area contributed by atoms with Crippen molar-refractivity contribution in [2.45, 2.75) is 49.6 Å². The number of amidine groups is 1. The second-order valence-electron chi connectivity index (χ2n) is 7.76. The molecule has 5 N–H and O–H groups in total. The van der Waals surface area contributed by atoms with Gasteiger partial charge in [0.25, 0.3) is 0 Å².